The first kappa shape index (κ1) is 21.0. The summed E-state index contributed by atoms with van der Waals surface area (Å²) >= 11 is 0. The molecule has 0 amide bonds. The van der Waals surface area contributed by atoms with Crippen LogP contribution in [-0.4, -0.2) is 11.1 Å². The van der Waals surface area contributed by atoms with Crippen molar-refractivity contribution in [3.8, 4) is 5.75 Å². The number of hydrogen-bond donors (Lipinski definition) is 1. The number of fused-ring (bicyclic) bond motifs is 1. The summed E-state index contributed by atoms with van der Waals surface area (Å²) in [4.78, 5) is 11.7. The Morgan fingerprint density at radius 3 is 2.37 bits per heavy atom. The van der Waals surface area contributed by atoms with E-state index in [0.717, 1.165) is 25.7 Å². The molecule has 0 bridgehead atoms. The van der Waals surface area contributed by atoms with Gasteiger partial charge in [-0.3, -0.25) is 4.79 Å². The van der Waals surface area contributed by atoms with E-state index in [-0.39, 0.29) is 18.0 Å². The number of rotatable bonds is 5. The van der Waals surface area contributed by atoms with Gasteiger partial charge in [0.05, 0.1) is 5.92 Å². The second-order valence-electron chi connectivity index (χ2n) is 7.37. The minimum atomic E-state index is -0.0656. The summed E-state index contributed by atoms with van der Waals surface area (Å²) in [5.74, 6) is 0.879. The Morgan fingerprint density at radius 2 is 1.74 bits per heavy atom. The van der Waals surface area contributed by atoms with E-state index in [9.17, 15) is 4.79 Å². The molecule has 3 unspecified atom stereocenters. The number of benzene rings is 2. The van der Waals surface area contributed by atoms with Gasteiger partial charge in [0.2, 0.25) is 0 Å². The zero-order valence-electron chi connectivity index (χ0n) is 16.9. The molecule has 1 aliphatic rings. The minimum absolute atomic E-state index is 0.00719. The predicted molar refractivity (Wildman–Crippen MR) is 110 cm³/mol. The van der Waals surface area contributed by atoms with Crippen LogP contribution in [0.2, 0.25) is 0 Å². The van der Waals surface area contributed by atoms with Gasteiger partial charge in [-0.25, -0.2) is 0 Å². The molecule has 27 heavy (non-hydrogen) atoms. The normalized spacial score (nSPS) is 17.3. The zero-order valence-corrected chi connectivity index (χ0v) is 16.9. The lowest BCUT2D eigenvalue weighted by molar-refractivity contribution is -0.153. The lowest BCUT2D eigenvalue weighted by Crippen LogP contribution is -2.16. The first-order valence-corrected chi connectivity index (χ1v) is 10.0. The van der Waals surface area contributed by atoms with Gasteiger partial charge in [0.15, 0.2) is 0 Å². The van der Waals surface area contributed by atoms with Gasteiger partial charge < -0.3 is 9.84 Å². The SMILES string of the molecule is CCC(C)C(=O)OC1CCc2ccccc21.CCC(C)c1ccc(O)cc1. The van der Waals surface area contributed by atoms with Crippen LogP contribution in [0.4, 0.5) is 0 Å². The van der Waals surface area contributed by atoms with Gasteiger partial charge in [-0.05, 0) is 60.4 Å². The van der Waals surface area contributed by atoms with Gasteiger partial charge >= 0.3 is 5.97 Å². The van der Waals surface area contributed by atoms with Crippen LogP contribution >= 0.6 is 0 Å². The quantitative estimate of drug-likeness (QED) is 0.642. The summed E-state index contributed by atoms with van der Waals surface area (Å²) in [6.45, 7) is 8.28. The lowest BCUT2D eigenvalue weighted by Gasteiger charge is -2.16. The molecule has 3 nitrogen and oxygen atoms in total. The molecule has 0 saturated carbocycles. The Morgan fingerprint density at radius 1 is 1.07 bits per heavy atom. The van der Waals surface area contributed by atoms with Crippen LogP contribution in [-0.2, 0) is 16.0 Å². The second-order valence-corrected chi connectivity index (χ2v) is 7.37. The summed E-state index contributed by atoms with van der Waals surface area (Å²) in [6, 6.07) is 15.7. The first-order valence-electron chi connectivity index (χ1n) is 10.0. The third-order valence-corrected chi connectivity index (χ3v) is 5.43. The average Bonchev–Trinajstić information content (AvgIpc) is 3.10. The number of esters is 1. The molecule has 3 heteroatoms. The van der Waals surface area contributed by atoms with Gasteiger partial charge in [0.25, 0.3) is 0 Å². The molecule has 0 aliphatic heterocycles. The Hall–Kier alpha value is -2.29. The van der Waals surface area contributed by atoms with Crippen molar-refractivity contribution in [1.29, 1.82) is 0 Å². The summed E-state index contributed by atoms with van der Waals surface area (Å²) in [7, 11) is 0. The molecule has 2 aromatic rings. The number of aromatic hydroxyl groups is 1. The number of phenolic OH excluding ortho intramolecular Hbond substituents is 1. The molecule has 3 rings (SSSR count). The highest BCUT2D eigenvalue weighted by Gasteiger charge is 2.26. The van der Waals surface area contributed by atoms with E-state index in [2.05, 4.69) is 26.0 Å². The average molecular weight is 369 g/mol. The number of phenols is 1. The summed E-state index contributed by atoms with van der Waals surface area (Å²) in [5, 5.41) is 9.01. The number of ether oxygens (including phenoxy) is 1. The molecular weight excluding hydrogens is 336 g/mol. The van der Waals surface area contributed by atoms with Gasteiger partial charge in [-0.15, -0.1) is 0 Å². The van der Waals surface area contributed by atoms with Crippen molar-refractivity contribution >= 4 is 5.97 Å². The van der Waals surface area contributed by atoms with Gasteiger partial charge in [-0.1, -0.05) is 64.1 Å². The molecule has 0 aromatic heterocycles. The smallest absolute Gasteiger partial charge is 0.309 e. The van der Waals surface area contributed by atoms with Crippen LogP contribution in [0.25, 0.3) is 0 Å². The lowest BCUT2D eigenvalue weighted by atomic mass is 9.99. The second kappa shape index (κ2) is 10.1. The fraction of sp³-hybridized carbons (Fsp3) is 0.458. The van der Waals surface area contributed by atoms with Crippen molar-refractivity contribution < 1.29 is 14.6 Å². The van der Waals surface area contributed by atoms with Crippen LogP contribution in [0.15, 0.2) is 48.5 Å². The van der Waals surface area contributed by atoms with E-state index < -0.39 is 0 Å². The molecule has 0 spiro atoms. The third-order valence-electron chi connectivity index (χ3n) is 5.43. The maximum atomic E-state index is 11.7. The van der Waals surface area contributed by atoms with E-state index in [1.807, 2.05) is 38.1 Å². The van der Waals surface area contributed by atoms with Crippen LogP contribution < -0.4 is 0 Å². The number of carbonyl (C=O) groups is 1. The molecule has 0 heterocycles. The largest absolute Gasteiger partial charge is 0.508 e. The van der Waals surface area contributed by atoms with Crippen LogP contribution in [0.5, 0.6) is 5.75 Å². The van der Waals surface area contributed by atoms with Crippen molar-refractivity contribution in [2.45, 2.75) is 65.4 Å². The minimum Gasteiger partial charge on any atom is -0.508 e. The molecule has 146 valence electrons. The van der Waals surface area contributed by atoms with E-state index in [4.69, 9.17) is 9.84 Å². The molecule has 1 aliphatic carbocycles. The Bertz CT molecular complexity index is 721. The van der Waals surface area contributed by atoms with Gasteiger partial charge in [-0.2, -0.15) is 0 Å². The molecular formula is C24H32O3. The highest BCUT2D eigenvalue weighted by molar-refractivity contribution is 5.72. The maximum absolute atomic E-state index is 11.7. The van der Waals surface area contributed by atoms with Gasteiger partial charge in [0.1, 0.15) is 11.9 Å². The van der Waals surface area contributed by atoms with Crippen molar-refractivity contribution in [2.75, 3.05) is 0 Å². The van der Waals surface area contributed by atoms with E-state index in [1.54, 1.807) is 12.1 Å². The van der Waals surface area contributed by atoms with Crippen molar-refractivity contribution in [2.24, 2.45) is 5.92 Å². The molecule has 0 radical (unpaired) electrons. The summed E-state index contributed by atoms with van der Waals surface area (Å²) < 4.78 is 5.55. The molecule has 0 saturated heterocycles. The first-order chi connectivity index (χ1) is 13.0. The van der Waals surface area contributed by atoms with Crippen LogP contribution in [0.1, 0.15) is 75.7 Å². The Balaban J connectivity index is 0.000000208. The number of carbonyl (C=O) groups excluding carboxylic acids is 1. The van der Waals surface area contributed by atoms with Crippen LogP contribution in [0.3, 0.4) is 0 Å². The Labute approximate surface area is 163 Å². The fourth-order valence-corrected chi connectivity index (χ4v) is 3.10. The molecule has 0 fully saturated rings. The highest BCUT2D eigenvalue weighted by atomic mass is 16.5. The fourth-order valence-electron chi connectivity index (χ4n) is 3.10. The van der Waals surface area contributed by atoms with E-state index >= 15 is 0 Å². The van der Waals surface area contributed by atoms with E-state index in [1.165, 1.54) is 16.7 Å². The monoisotopic (exact) mass is 368 g/mol. The van der Waals surface area contributed by atoms with Crippen molar-refractivity contribution in [3.63, 3.8) is 0 Å². The molecule has 2 aromatic carbocycles. The number of aryl methyl sites for hydroxylation is 1. The topological polar surface area (TPSA) is 46.5 Å². The molecule has 1 N–H and O–H groups in total. The van der Waals surface area contributed by atoms with Crippen molar-refractivity contribution in [3.05, 3.63) is 65.2 Å². The molecule has 3 atom stereocenters. The third kappa shape index (κ3) is 5.85. The standard InChI is InChI=1S/C14H18O2.C10H14O/c1-3-10(2)14(15)16-13-9-8-11-6-4-5-7-12(11)13;1-3-8(2)9-4-6-10(11)7-5-9/h4-7,10,13H,3,8-9H2,1-2H3;4-8,11H,3H2,1-2H3. The summed E-state index contributed by atoms with van der Waals surface area (Å²) in [5.41, 5.74) is 3.81. The Kier molecular flexibility index (Phi) is 7.90. The zero-order chi connectivity index (χ0) is 19.8. The highest BCUT2D eigenvalue weighted by Crippen LogP contribution is 2.34. The summed E-state index contributed by atoms with van der Waals surface area (Å²) in [6.07, 6.45) is 3.92. The number of hydrogen-bond acceptors (Lipinski definition) is 3. The predicted octanol–water partition coefficient (Wildman–Crippen LogP) is 6.17. The van der Waals surface area contributed by atoms with Crippen LogP contribution in [0, 0.1) is 5.92 Å². The maximum Gasteiger partial charge on any atom is 0.309 e. The van der Waals surface area contributed by atoms with Crippen molar-refractivity contribution in [1.82, 2.24) is 0 Å². The van der Waals surface area contributed by atoms with E-state index in [0.29, 0.717) is 11.7 Å². The van der Waals surface area contributed by atoms with Gasteiger partial charge in [0, 0.05) is 0 Å².